The molecule has 0 aromatic carbocycles. The van der Waals surface area contributed by atoms with E-state index in [4.69, 9.17) is 0 Å². The predicted molar refractivity (Wildman–Crippen MR) is 113 cm³/mol. The van der Waals surface area contributed by atoms with Crippen LogP contribution in [0.15, 0.2) is 52.3 Å². The lowest BCUT2D eigenvalue weighted by Crippen LogP contribution is -2.30. The smallest absolute Gasteiger partial charge is 0.319 e. The van der Waals surface area contributed by atoms with Gasteiger partial charge in [-0.1, -0.05) is 19.3 Å². The average Bonchev–Trinajstić information content (AvgIpc) is 2.77. The van der Waals surface area contributed by atoms with E-state index >= 15 is 0 Å². The third-order valence-corrected chi connectivity index (χ3v) is 5.94. The fraction of sp³-hybridized carbons (Fsp3) is 0.391. The molecule has 0 amide bonds. The Morgan fingerprint density at radius 2 is 1.84 bits per heavy atom. The Bertz CT molecular complexity index is 1240. The molecule has 0 radical (unpaired) electrons. The van der Waals surface area contributed by atoms with E-state index in [-0.39, 0.29) is 17.2 Å². The number of halogens is 3. The van der Waals surface area contributed by atoms with Crippen molar-refractivity contribution in [3.63, 3.8) is 0 Å². The van der Waals surface area contributed by atoms with Crippen molar-refractivity contribution in [2.45, 2.75) is 50.7 Å². The van der Waals surface area contributed by atoms with Gasteiger partial charge in [0.25, 0.3) is 11.1 Å². The van der Waals surface area contributed by atoms with Gasteiger partial charge in [-0.2, -0.15) is 18.3 Å². The molecule has 1 aliphatic rings. The molecule has 6 nitrogen and oxygen atoms in total. The van der Waals surface area contributed by atoms with Crippen LogP contribution in [0.2, 0.25) is 0 Å². The van der Waals surface area contributed by atoms with Gasteiger partial charge >= 0.3 is 6.18 Å². The number of aromatic nitrogens is 4. The van der Waals surface area contributed by atoms with Crippen molar-refractivity contribution in [1.82, 2.24) is 19.3 Å². The van der Waals surface area contributed by atoms with Crippen molar-refractivity contribution < 1.29 is 13.2 Å². The van der Waals surface area contributed by atoms with Crippen LogP contribution in [0.1, 0.15) is 54.8 Å². The van der Waals surface area contributed by atoms with Gasteiger partial charge in [0.05, 0.1) is 23.5 Å². The largest absolute Gasteiger partial charge is 0.418 e. The normalized spacial score (nSPS) is 15.1. The average molecular weight is 444 g/mol. The maximum atomic E-state index is 13.5. The van der Waals surface area contributed by atoms with Crippen LogP contribution in [0.5, 0.6) is 0 Å². The van der Waals surface area contributed by atoms with Crippen molar-refractivity contribution in [2.75, 3.05) is 0 Å². The molecular formula is C23H23F3N4O2. The fourth-order valence-electron chi connectivity index (χ4n) is 4.19. The van der Waals surface area contributed by atoms with Gasteiger partial charge in [0.15, 0.2) is 0 Å². The van der Waals surface area contributed by atoms with Gasteiger partial charge in [-0.05, 0) is 43.0 Å². The first-order valence-electron chi connectivity index (χ1n) is 10.5. The van der Waals surface area contributed by atoms with Crippen LogP contribution in [0.4, 0.5) is 13.2 Å². The van der Waals surface area contributed by atoms with Crippen molar-refractivity contribution in [1.29, 1.82) is 0 Å². The highest BCUT2D eigenvalue weighted by atomic mass is 19.4. The lowest BCUT2D eigenvalue weighted by molar-refractivity contribution is -0.138. The maximum absolute atomic E-state index is 13.5. The Labute approximate surface area is 182 Å². The first kappa shape index (κ1) is 22.0. The molecule has 32 heavy (non-hydrogen) atoms. The van der Waals surface area contributed by atoms with Gasteiger partial charge in [0.1, 0.15) is 0 Å². The Morgan fingerprint density at radius 3 is 2.53 bits per heavy atom. The van der Waals surface area contributed by atoms with E-state index in [9.17, 15) is 22.8 Å². The van der Waals surface area contributed by atoms with Crippen LogP contribution in [0.25, 0.3) is 11.3 Å². The van der Waals surface area contributed by atoms with E-state index in [1.54, 1.807) is 25.4 Å². The molecule has 0 aliphatic heterocycles. The molecule has 4 rings (SSSR count). The summed E-state index contributed by atoms with van der Waals surface area (Å²) in [6.07, 6.45) is 3.03. The van der Waals surface area contributed by atoms with E-state index in [0.29, 0.717) is 16.8 Å². The zero-order valence-corrected chi connectivity index (χ0v) is 17.6. The van der Waals surface area contributed by atoms with Crippen LogP contribution in [0.3, 0.4) is 0 Å². The van der Waals surface area contributed by atoms with Crippen molar-refractivity contribution in [3.8, 4) is 11.3 Å². The number of aryl methyl sites for hydroxylation is 1. The van der Waals surface area contributed by atoms with Gasteiger partial charge in [-0.3, -0.25) is 14.6 Å². The summed E-state index contributed by atoms with van der Waals surface area (Å²) < 4.78 is 42.8. The summed E-state index contributed by atoms with van der Waals surface area (Å²) in [5.74, 6) is 0.0154. The monoisotopic (exact) mass is 444 g/mol. The summed E-state index contributed by atoms with van der Waals surface area (Å²) in [6.45, 7) is -0.410. The highest BCUT2D eigenvalue weighted by Gasteiger charge is 2.34. The van der Waals surface area contributed by atoms with Gasteiger partial charge in [-0.15, -0.1) is 0 Å². The number of alkyl halides is 3. The summed E-state index contributed by atoms with van der Waals surface area (Å²) in [5.41, 5.74) is -0.408. The second-order valence-electron chi connectivity index (χ2n) is 8.14. The molecule has 1 fully saturated rings. The van der Waals surface area contributed by atoms with Crippen LogP contribution < -0.4 is 11.1 Å². The Balaban J connectivity index is 1.85. The molecule has 1 aliphatic carbocycles. The van der Waals surface area contributed by atoms with Crippen LogP contribution in [0, 0.1) is 0 Å². The minimum Gasteiger partial charge on any atom is -0.319 e. The standard InChI is InChI=1S/C23H23F3N4O2/c1-29-11-9-16(12-21(29)31)19-13-17(15-6-3-2-4-7-15)22(32)30(28-19)14-20-18(23(24,25)26)8-5-10-27-20/h5,8-13,15H,2-4,6-7,14H2,1H3. The third kappa shape index (κ3) is 4.51. The number of hydrogen-bond acceptors (Lipinski definition) is 4. The first-order chi connectivity index (χ1) is 15.2. The van der Waals surface area contributed by atoms with Crippen molar-refractivity contribution in [2.24, 2.45) is 7.05 Å². The maximum Gasteiger partial charge on any atom is 0.418 e. The number of nitrogens with zero attached hydrogens (tertiary/aromatic N) is 4. The topological polar surface area (TPSA) is 69.8 Å². The van der Waals surface area contributed by atoms with E-state index in [0.717, 1.165) is 42.9 Å². The van der Waals surface area contributed by atoms with E-state index in [1.165, 1.54) is 22.9 Å². The summed E-state index contributed by atoms with van der Waals surface area (Å²) in [6, 6.07) is 6.95. The molecule has 0 unspecified atom stereocenters. The summed E-state index contributed by atoms with van der Waals surface area (Å²) in [4.78, 5) is 29.3. The molecule has 3 heterocycles. The number of rotatable bonds is 4. The number of pyridine rings is 2. The lowest BCUT2D eigenvalue weighted by atomic mass is 9.84. The molecule has 0 spiro atoms. The van der Waals surface area contributed by atoms with Gasteiger partial charge in [0, 0.05) is 36.6 Å². The molecule has 0 atom stereocenters. The SMILES string of the molecule is Cn1ccc(-c2cc(C3CCCCC3)c(=O)n(Cc3ncccc3C(F)(F)F)n2)cc1=O. The molecule has 3 aromatic heterocycles. The summed E-state index contributed by atoms with van der Waals surface area (Å²) >= 11 is 0. The second kappa shape index (κ2) is 8.72. The molecular weight excluding hydrogens is 421 g/mol. The minimum absolute atomic E-state index is 0.0154. The van der Waals surface area contributed by atoms with Crippen LogP contribution >= 0.6 is 0 Å². The lowest BCUT2D eigenvalue weighted by Gasteiger charge is -2.22. The molecule has 0 N–H and O–H groups in total. The fourth-order valence-corrected chi connectivity index (χ4v) is 4.19. The summed E-state index contributed by atoms with van der Waals surface area (Å²) in [5, 5.41) is 4.34. The highest BCUT2D eigenvalue weighted by Crippen LogP contribution is 2.33. The van der Waals surface area contributed by atoms with Crippen molar-refractivity contribution in [3.05, 3.63) is 80.3 Å². The van der Waals surface area contributed by atoms with Crippen LogP contribution in [-0.2, 0) is 19.8 Å². The molecule has 3 aromatic rings. The van der Waals surface area contributed by atoms with Gasteiger partial charge in [0.2, 0.25) is 0 Å². The van der Waals surface area contributed by atoms with Gasteiger partial charge < -0.3 is 4.57 Å². The Kier molecular flexibility index (Phi) is 5.99. The van der Waals surface area contributed by atoms with E-state index in [1.807, 2.05) is 0 Å². The van der Waals surface area contributed by atoms with Gasteiger partial charge in [-0.25, -0.2) is 4.68 Å². The quantitative estimate of drug-likeness (QED) is 0.607. The zero-order chi connectivity index (χ0) is 22.9. The second-order valence-corrected chi connectivity index (χ2v) is 8.14. The zero-order valence-electron chi connectivity index (χ0n) is 17.6. The minimum atomic E-state index is -4.59. The summed E-state index contributed by atoms with van der Waals surface area (Å²) in [7, 11) is 1.62. The van der Waals surface area contributed by atoms with E-state index in [2.05, 4.69) is 10.1 Å². The van der Waals surface area contributed by atoms with E-state index < -0.39 is 23.8 Å². The molecule has 0 saturated heterocycles. The highest BCUT2D eigenvalue weighted by molar-refractivity contribution is 5.58. The predicted octanol–water partition coefficient (Wildman–Crippen LogP) is 4.12. The number of hydrogen-bond donors (Lipinski definition) is 0. The molecule has 168 valence electrons. The third-order valence-electron chi connectivity index (χ3n) is 5.94. The van der Waals surface area contributed by atoms with Crippen LogP contribution in [-0.4, -0.2) is 19.3 Å². The first-order valence-corrected chi connectivity index (χ1v) is 10.5. The Morgan fingerprint density at radius 1 is 1.09 bits per heavy atom. The molecule has 9 heteroatoms. The molecule has 0 bridgehead atoms. The van der Waals surface area contributed by atoms with Crippen molar-refractivity contribution >= 4 is 0 Å². The molecule has 1 saturated carbocycles. The Hall–Kier alpha value is -3.23.